The molecule has 0 aliphatic heterocycles. The fourth-order valence-electron chi connectivity index (χ4n) is 3.30. The van der Waals surface area contributed by atoms with E-state index in [0.717, 1.165) is 12.0 Å². The van der Waals surface area contributed by atoms with Gasteiger partial charge in [-0.05, 0) is 54.2 Å². The topological polar surface area (TPSA) is 58.6 Å². The number of rotatable bonds is 11. The highest BCUT2D eigenvalue weighted by Crippen LogP contribution is 2.24. The Morgan fingerprint density at radius 1 is 1.03 bits per heavy atom. The van der Waals surface area contributed by atoms with Crippen LogP contribution in [-0.2, 0) is 16.1 Å². The first-order valence-corrected chi connectivity index (χ1v) is 11.8. The predicted octanol–water partition coefficient (Wildman–Crippen LogP) is 5.83. The van der Waals surface area contributed by atoms with Gasteiger partial charge in [-0.2, -0.15) is 0 Å². The highest BCUT2D eigenvalue weighted by Gasteiger charge is 2.29. The number of carbonyl (C=O) groups is 2. The van der Waals surface area contributed by atoms with Crippen molar-refractivity contribution in [1.29, 1.82) is 0 Å². The third-order valence-electron chi connectivity index (χ3n) is 5.18. The Hall–Kier alpha value is -2.24. The number of halogens is 2. The minimum atomic E-state index is -0.615. The van der Waals surface area contributed by atoms with Gasteiger partial charge in [0.05, 0.1) is 10.0 Å². The average Bonchev–Trinajstić information content (AvgIpc) is 2.78. The van der Waals surface area contributed by atoms with Crippen molar-refractivity contribution in [3.63, 3.8) is 0 Å². The Morgan fingerprint density at radius 2 is 1.72 bits per heavy atom. The van der Waals surface area contributed by atoms with Gasteiger partial charge in [0.25, 0.3) is 5.91 Å². The molecule has 0 aliphatic carbocycles. The van der Waals surface area contributed by atoms with Crippen LogP contribution in [0.4, 0.5) is 0 Å². The first-order chi connectivity index (χ1) is 15.3. The summed E-state index contributed by atoms with van der Waals surface area (Å²) >= 11 is 12.2. The van der Waals surface area contributed by atoms with E-state index < -0.39 is 6.04 Å². The average molecular weight is 479 g/mol. The minimum Gasteiger partial charge on any atom is -0.484 e. The molecule has 2 rings (SSSR count). The second kappa shape index (κ2) is 12.7. The smallest absolute Gasteiger partial charge is 0.261 e. The molecule has 174 valence electrons. The second-order valence-corrected chi connectivity index (χ2v) is 8.81. The molecule has 2 aromatic carbocycles. The van der Waals surface area contributed by atoms with Crippen LogP contribution in [0.1, 0.15) is 57.6 Å². The van der Waals surface area contributed by atoms with Crippen LogP contribution in [0.5, 0.6) is 5.75 Å². The predicted molar refractivity (Wildman–Crippen MR) is 130 cm³/mol. The van der Waals surface area contributed by atoms with Crippen molar-refractivity contribution in [2.24, 2.45) is 0 Å². The van der Waals surface area contributed by atoms with Crippen molar-refractivity contribution in [2.75, 3.05) is 13.2 Å². The van der Waals surface area contributed by atoms with Crippen LogP contribution < -0.4 is 10.1 Å². The molecule has 7 heteroatoms. The summed E-state index contributed by atoms with van der Waals surface area (Å²) in [7, 11) is 0. The number of nitrogens with zero attached hydrogens (tertiary/aromatic N) is 1. The number of ether oxygens (including phenoxy) is 1. The van der Waals surface area contributed by atoms with Gasteiger partial charge in [0.2, 0.25) is 5.91 Å². The van der Waals surface area contributed by atoms with E-state index in [1.165, 1.54) is 5.56 Å². The highest BCUT2D eigenvalue weighted by atomic mass is 35.5. The molecule has 1 N–H and O–H groups in total. The Balaban J connectivity index is 2.19. The highest BCUT2D eigenvalue weighted by molar-refractivity contribution is 6.42. The lowest BCUT2D eigenvalue weighted by Gasteiger charge is -2.30. The molecule has 2 aromatic rings. The number of hydrogen-bond acceptors (Lipinski definition) is 3. The maximum absolute atomic E-state index is 13.2. The zero-order chi connectivity index (χ0) is 23.7. The summed E-state index contributed by atoms with van der Waals surface area (Å²) < 4.78 is 5.75. The monoisotopic (exact) mass is 478 g/mol. The molecule has 2 amide bonds. The van der Waals surface area contributed by atoms with Crippen molar-refractivity contribution in [3.8, 4) is 5.75 Å². The van der Waals surface area contributed by atoms with Crippen LogP contribution >= 0.6 is 23.2 Å². The minimum absolute atomic E-state index is 0.167. The van der Waals surface area contributed by atoms with Gasteiger partial charge in [-0.25, -0.2) is 0 Å². The molecule has 0 fully saturated rings. The Labute approximate surface area is 201 Å². The lowest BCUT2D eigenvalue weighted by molar-refractivity contribution is -0.143. The van der Waals surface area contributed by atoms with E-state index in [1.54, 1.807) is 23.1 Å². The van der Waals surface area contributed by atoms with Crippen LogP contribution in [-0.4, -0.2) is 35.9 Å². The molecule has 0 spiro atoms. The van der Waals surface area contributed by atoms with Gasteiger partial charge in [-0.3, -0.25) is 9.59 Å². The van der Waals surface area contributed by atoms with Gasteiger partial charge in [0.15, 0.2) is 6.61 Å². The maximum atomic E-state index is 13.2. The normalized spacial score (nSPS) is 11.8. The SMILES string of the molecule is CCCNC(=O)[C@H](CC)N(Cc1ccc(Cl)c(Cl)c1)C(=O)COc1ccc(C(C)C)cc1. The lowest BCUT2D eigenvalue weighted by atomic mass is 10.0. The van der Waals surface area contributed by atoms with E-state index in [4.69, 9.17) is 27.9 Å². The standard InChI is InChI=1S/C25H32Cl2N2O3/c1-5-13-28-25(31)23(6-2)29(15-18-7-12-21(26)22(27)14-18)24(30)16-32-20-10-8-19(9-11-20)17(3)4/h7-12,14,17,23H,5-6,13,15-16H2,1-4H3,(H,28,31)/t23-/m0/s1. The van der Waals surface area contributed by atoms with E-state index >= 15 is 0 Å². The van der Waals surface area contributed by atoms with Gasteiger partial charge in [0.1, 0.15) is 11.8 Å². The zero-order valence-corrected chi connectivity index (χ0v) is 20.7. The zero-order valence-electron chi connectivity index (χ0n) is 19.2. The fraction of sp³-hybridized carbons (Fsp3) is 0.440. The summed E-state index contributed by atoms with van der Waals surface area (Å²) in [5.41, 5.74) is 1.99. The molecular formula is C25H32Cl2N2O3. The summed E-state index contributed by atoms with van der Waals surface area (Å²) in [5.74, 6) is 0.576. The van der Waals surface area contributed by atoms with Crippen LogP contribution in [0.25, 0.3) is 0 Å². The van der Waals surface area contributed by atoms with Crippen LogP contribution in [0.15, 0.2) is 42.5 Å². The quantitative estimate of drug-likeness (QED) is 0.441. The summed E-state index contributed by atoms with van der Waals surface area (Å²) in [6.07, 6.45) is 1.30. The number of carbonyl (C=O) groups excluding carboxylic acids is 2. The van der Waals surface area contributed by atoms with E-state index in [-0.39, 0.29) is 25.0 Å². The van der Waals surface area contributed by atoms with Crippen LogP contribution in [0.3, 0.4) is 0 Å². The van der Waals surface area contributed by atoms with E-state index in [9.17, 15) is 9.59 Å². The summed E-state index contributed by atoms with van der Waals surface area (Å²) in [4.78, 5) is 27.5. The third-order valence-corrected chi connectivity index (χ3v) is 5.92. The molecule has 0 saturated heterocycles. The molecule has 1 atom stereocenters. The Morgan fingerprint density at radius 3 is 2.28 bits per heavy atom. The van der Waals surface area contributed by atoms with E-state index in [1.807, 2.05) is 38.1 Å². The number of benzene rings is 2. The van der Waals surface area contributed by atoms with Crippen molar-refractivity contribution >= 4 is 35.0 Å². The first kappa shape index (κ1) is 26.0. The number of hydrogen-bond donors (Lipinski definition) is 1. The molecule has 0 unspecified atom stereocenters. The molecule has 0 bridgehead atoms. The molecule has 0 heterocycles. The fourth-order valence-corrected chi connectivity index (χ4v) is 3.62. The van der Waals surface area contributed by atoms with Gasteiger partial charge >= 0.3 is 0 Å². The van der Waals surface area contributed by atoms with Crippen molar-refractivity contribution in [1.82, 2.24) is 10.2 Å². The van der Waals surface area contributed by atoms with Crippen molar-refractivity contribution in [3.05, 3.63) is 63.6 Å². The van der Waals surface area contributed by atoms with Crippen molar-refractivity contribution < 1.29 is 14.3 Å². The first-order valence-electron chi connectivity index (χ1n) is 11.0. The van der Waals surface area contributed by atoms with E-state index in [0.29, 0.717) is 34.7 Å². The van der Waals surface area contributed by atoms with Gasteiger partial charge in [-0.15, -0.1) is 0 Å². The molecule has 0 aromatic heterocycles. The van der Waals surface area contributed by atoms with Crippen molar-refractivity contribution in [2.45, 2.75) is 59.0 Å². The summed E-state index contributed by atoms with van der Waals surface area (Å²) in [5, 5.41) is 3.74. The van der Waals surface area contributed by atoms with Crippen LogP contribution in [0, 0.1) is 0 Å². The Kier molecular flexibility index (Phi) is 10.3. The summed E-state index contributed by atoms with van der Waals surface area (Å²) in [6.45, 7) is 8.73. The van der Waals surface area contributed by atoms with Gasteiger partial charge < -0.3 is 15.0 Å². The van der Waals surface area contributed by atoms with Crippen LogP contribution in [0.2, 0.25) is 10.0 Å². The number of amides is 2. The lowest BCUT2D eigenvalue weighted by Crippen LogP contribution is -2.50. The second-order valence-electron chi connectivity index (χ2n) is 8.00. The number of nitrogens with one attached hydrogen (secondary N) is 1. The largest absolute Gasteiger partial charge is 0.484 e. The molecular weight excluding hydrogens is 447 g/mol. The van der Waals surface area contributed by atoms with Gasteiger partial charge in [-0.1, -0.05) is 69.1 Å². The Bertz CT molecular complexity index is 901. The maximum Gasteiger partial charge on any atom is 0.261 e. The van der Waals surface area contributed by atoms with E-state index in [2.05, 4.69) is 19.2 Å². The molecule has 0 aliphatic rings. The summed E-state index contributed by atoms with van der Waals surface area (Å²) in [6, 6.07) is 12.3. The molecule has 32 heavy (non-hydrogen) atoms. The third kappa shape index (κ3) is 7.42. The molecule has 0 radical (unpaired) electrons. The molecule has 5 nitrogen and oxygen atoms in total. The molecule has 0 saturated carbocycles. The van der Waals surface area contributed by atoms with Gasteiger partial charge in [0, 0.05) is 13.1 Å².